The summed E-state index contributed by atoms with van der Waals surface area (Å²) in [6, 6.07) is 18.1. The smallest absolute Gasteiger partial charge is 0.185 e. The number of halogens is 3. The zero-order valence-electron chi connectivity index (χ0n) is 17.8. The number of anilines is 1. The van der Waals surface area contributed by atoms with Gasteiger partial charge in [0.1, 0.15) is 0 Å². The largest absolute Gasteiger partial charge is 0.384 e. The number of pyridine rings is 1. The zero-order valence-corrected chi connectivity index (χ0v) is 20.2. The first-order valence-electron chi connectivity index (χ1n) is 10.2. The number of aliphatic imine (C=N–C) groups is 1. The van der Waals surface area contributed by atoms with Gasteiger partial charge in [0.2, 0.25) is 0 Å². The van der Waals surface area contributed by atoms with Crippen molar-refractivity contribution in [1.29, 1.82) is 0 Å². The molecule has 0 aliphatic carbocycles. The Morgan fingerprint density at radius 1 is 0.938 bits per heavy atom. The highest BCUT2D eigenvalue weighted by Crippen LogP contribution is 2.24. The Bertz CT molecular complexity index is 1020. The van der Waals surface area contributed by atoms with Crippen LogP contribution in [0.1, 0.15) is 36.9 Å². The third-order valence-corrected chi connectivity index (χ3v) is 5.00. The summed E-state index contributed by atoms with van der Waals surface area (Å²) in [5.41, 5.74) is 14.8. The highest BCUT2D eigenvalue weighted by atomic mass is 35.5. The van der Waals surface area contributed by atoms with Crippen molar-refractivity contribution in [2.75, 3.05) is 18.4 Å². The fraction of sp³-hybridized carbons (Fsp3) is 0.250. The number of rotatable bonds is 10. The summed E-state index contributed by atoms with van der Waals surface area (Å²) < 4.78 is 0. The fourth-order valence-corrected chi connectivity index (χ4v) is 3.33. The summed E-state index contributed by atoms with van der Waals surface area (Å²) >= 11 is 5.96. The summed E-state index contributed by atoms with van der Waals surface area (Å²) in [7, 11) is 0. The van der Waals surface area contributed by atoms with Gasteiger partial charge in [-0.25, -0.2) is 4.98 Å². The summed E-state index contributed by atoms with van der Waals surface area (Å²) in [6.45, 7) is 1.62. The van der Waals surface area contributed by atoms with Crippen LogP contribution in [-0.4, -0.2) is 24.0 Å². The maximum Gasteiger partial charge on any atom is 0.185 e. The van der Waals surface area contributed by atoms with E-state index in [0.717, 1.165) is 65.1 Å². The number of unbranched alkanes of at least 4 members (excludes halogenated alkanes) is 3. The van der Waals surface area contributed by atoms with Gasteiger partial charge in [0.15, 0.2) is 5.96 Å². The molecule has 0 fully saturated rings. The second-order valence-electron chi connectivity index (χ2n) is 7.14. The van der Waals surface area contributed by atoms with Crippen molar-refractivity contribution in [3.63, 3.8) is 0 Å². The number of nitrogens with one attached hydrogen (secondary N) is 1. The lowest BCUT2D eigenvalue weighted by Crippen LogP contribution is -2.22. The topological polar surface area (TPSA) is 89.3 Å². The van der Waals surface area contributed by atoms with E-state index in [1.807, 2.05) is 54.6 Å². The summed E-state index contributed by atoms with van der Waals surface area (Å²) in [5.74, 6) is 0.169. The second kappa shape index (κ2) is 14.6. The molecule has 5 nitrogen and oxygen atoms in total. The molecule has 1 aromatic heterocycles. The molecule has 0 saturated heterocycles. The molecule has 172 valence electrons. The lowest BCUT2D eigenvalue weighted by atomic mass is 10.1. The van der Waals surface area contributed by atoms with Gasteiger partial charge in [-0.15, -0.1) is 24.8 Å². The number of guanidine groups is 1. The molecule has 32 heavy (non-hydrogen) atoms. The van der Waals surface area contributed by atoms with Gasteiger partial charge in [-0.05, 0) is 48.7 Å². The zero-order chi connectivity index (χ0) is 21.2. The monoisotopic (exact) mass is 493 g/mol. The van der Waals surface area contributed by atoms with Gasteiger partial charge in [0, 0.05) is 29.2 Å². The van der Waals surface area contributed by atoms with Crippen LogP contribution >= 0.6 is 36.4 Å². The van der Waals surface area contributed by atoms with Crippen LogP contribution in [0.15, 0.2) is 59.6 Å². The number of benzene rings is 2. The van der Waals surface area contributed by atoms with Crippen molar-refractivity contribution in [3.05, 3.63) is 70.9 Å². The Morgan fingerprint density at radius 3 is 2.41 bits per heavy atom. The Hall–Kier alpha value is -2.47. The minimum atomic E-state index is 0. The minimum Gasteiger partial charge on any atom is -0.384 e. The molecule has 0 saturated carbocycles. The molecule has 0 atom stereocenters. The van der Waals surface area contributed by atoms with Crippen molar-refractivity contribution in [1.82, 2.24) is 4.98 Å². The molecule has 0 bridgehead atoms. The van der Waals surface area contributed by atoms with Crippen LogP contribution in [0.2, 0.25) is 5.02 Å². The quantitative estimate of drug-likeness (QED) is 0.179. The van der Waals surface area contributed by atoms with Crippen molar-refractivity contribution in [2.45, 2.75) is 25.7 Å². The molecule has 0 aliphatic rings. The fourth-order valence-electron chi connectivity index (χ4n) is 3.20. The molecular formula is C24H30Cl3N5. The first-order chi connectivity index (χ1) is 14.6. The maximum absolute atomic E-state index is 5.96. The molecule has 8 heteroatoms. The van der Waals surface area contributed by atoms with E-state index < -0.39 is 0 Å². The summed E-state index contributed by atoms with van der Waals surface area (Å²) in [4.78, 5) is 8.79. The Kier molecular flexibility index (Phi) is 12.5. The molecule has 0 spiro atoms. The third kappa shape index (κ3) is 8.95. The molecule has 3 rings (SSSR count). The van der Waals surface area contributed by atoms with E-state index in [1.54, 1.807) is 0 Å². The van der Waals surface area contributed by atoms with E-state index in [2.05, 4.69) is 22.4 Å². The van der Waals surface area contributed by atoms with Crippen molar-refractivity contribution >= 4 is 71.1 Å². The average molecular weight is 495 g/mol. The minimum absolute atomic E-state index is 0. The summed E-state index contributed by atoms with van der Waals surface area (Å²) in [6.07, 6.45) is 8.44. The molecule has 0 aliphatic heterocycles. The number of nitrogens with zero attached hydrogens (tertiary/aromatic N) is 2. The van der Waals surface area contributed by atoms with E-state index in [9.17, 15) is 0 Å². The Balaban J connectivity index is 0.00000256. The molecule has 0 amide bonds. The third-order valence-electron chi connectivity index (χ3n) is 4.75. The standard InChI is InChI=1S/C24H28ClN5.2ClH/c25-19-12-9-18(10-13-19)11-14-20-17-23(21-7-3-4-8-22(21)30-20)28-15-5-1-2-6-16-29-24(26)27;;/h3-4,7-14,17H,1-2,5-6,15-16H2,(H,28,30)(H4,26,27,29);2*1H. The van der Waals surface area contributed by atoms with Gasteiger partial charge < -0.3 is 16.8 Å². The molecule has 0 radical (unpaired) electrons. The first kappa shape index (κ1) is 27.6. The van der Waals surface area contributed by atoms with Crippen molar-refractivity contribution in [2.24, 2.45) is 16.5 Å². The van der Waals surface area contributed by atoms with Gasteiger partial charge in [-0.1, -0.05) is 60.9 Å². The van der Waals surface area contributed by atoms with Crippen LogP contribution in [-0.2, 0) is 0 Å². The first-order valence-corrected chi connectivity index (χ1v) is 10.6. The van der Waals surface area contributed by atoms with E-state index in [0.29, 0.717) is 6.54 Å². The number of para-hydroxylation sites is 1. The Morgan fingerprint density at radius 2 is 1.66 bits per heavy atom. The van der Waals surface area contributed by atoms with Gasteiger partial charge >= 0.3 is 0 Å². The number of nitrogens with two attached hydrogens (primary N) is 2. The van der Waals surface area contributed by atoms with Crippen LogP contribution in [0.4, 0.5) is 5.69 Å². The molecule has 1 heterocycles. The van der Waals surface area contributed by atoms with E-state index in [1.165, 1.54) is 0 Å². The van der Waals surface area contributed by atoms with Gasteiger partial charge in [0.05, 0.1) is 11.2 Å². The number of aromatic nitrogens is 1. The highest BCUT2D eigenvalue weighted by Gasteiger charge is 2.04. The van der Waals surface area contributed by atoms with Crippen LogP contribution < -0.4 is 16.8 Å². The maximum atomic E-state index is 5.96. The lowest BCUT2D eigenvalue weighted by Gasteiger charge is -2.11. The van der Waals surface area contributed by atoms with E-state index >= 15 is 0 Å². The molecule has 3 aromatic rings. The summed E-state index contributed by atoms with van der Waals surface area (Å²) in [5, 5.41) is 5.45. The second-order valence-corrected chi connectivity index (χ2v) is 7.58. The highest BCUT2D eigenvalue weighted by molar-refractivity contribution is 6.30. The molecule has 5 N–H and O–H groups in total. The number of fused-ring (bicyclic) bond motifs is 1. The van der Waals surface area contributed by atoms with Gasteiger partial charge in [0.25, 0.3) is 0 Å². The molecular weight excluding hydrogens is 465 g/mol. The van der Waals surface area contributed by atoms with Crippen LogP contribution in [0.5, 0.6) is 0 Å². The van der Waals surface area contributed by atoms with Crippen LogP contribution in [0.25, 0.3) is 23.1 Å². The lowest BCUT2D eigenvalue weighted by molar-refractivity contribution is 0.662. The average Bonchev–Trinajstić information content (AvgIpc) is 2.75. The van der Waals surface area contributed by atoms with Gasteiger partial charge in [-0.2, -0.15) is 0 Å². The van der Waals surface area contributed by atoms with E-state index in [-0.39, 0.29) is 30.8 Å². The Labute approximate surface area is 207 Å². The van der Waals surface area contributed by atoms with Crippen molar-refractivity contribution in [3.8, 4) is 0 Å². The van der Waals surface area contributed by atoms with Gasteiger partial charge in [-0.3, -0.25) is 4.99 Å². The predicted molar refractivity (Wildman–Crippen MR) is 144 cm³/mol. The number of hydrogen-bond acceptors (Lipinski definition) is 3. The van der Waals surface area contributed by atoms with E-state index in [4.69, 9.17) is 28.1 Å². The van der Waals surface area contributed by atoms with Crippen LogP contribution in [0, 0.1) is 0 Å². The SMILES string of the molecule is Cl.Cl.NC(N)=NCCCCCCNc1cc(C=Cc2ccc(Cl)cc2)nc2ccccc12. The molecule has 0 unspecified atom stereocenters. The number of hydrogen-bond donors (Lipinski definition) is 3. The van der Waals surface area contributed by atoms with Crippen LogP contribution in [0.3, 0.4) is 0 Å². The van der Waals surface area contributed by atoms with Crippen molar-refractivity contribution < 1.29 is 0 Å². The molecule has 2 aromatic carbocycles. The normalized spacial score (nSPS) is 10.4. The predicted octanol–water partition coefficient (Wildman–Crippen LogP) is 6.15.